The van der Waals surface area contributed by atoms with Crippen LogP contribution >= 0.6 is 0 Å². The number of non-ortho nitro benzene ring substituents is 1. The zero-order chi connectivity index (χ0) is 19.6. The van der Waals surface area contributed by atoms with Crippen molar-refractivity contribution in [1.29, 1.82) is 0 Å². The smallest absolute Gasteiger partial charge is 0.269 e. The Morgan fingerprint density at radius 3 is 2.52 bits per heavy atom. The molecule has 8 heteroatoms. The second-order valence-corrected chi connectivity index (χ2v) is 6.17. The van der Waals surface area contributed by atoms with Gasteiger partial charge in [0.2, 0.25) is 5.91 Å². The molecule has 2 aromatic carbocycles. The molecule has 0 aromatic heterocycles. The summed E-state index contributed by atoms with van der Waals surface area (Å²) in [7, 11) is 1.53. The molecule has 0 aliphatic carbocycles. The van der Waals surface area contributed by atoms with E-state index in [2.05, 4.69) is 0 Å². The van der Waals surface area contributed by atoms with E-state index < -0.39 is 11.0 Å². The van der Waals surface area contributed by atoms with E-state index in [4.69, 9.17) is 4.74 Å². The van der Waals surface area contributed by atoms with Gasteiger partial charge in [0.25, 0.3) is 11.6 Å². The van der Waals surface area contributed by atoms with Crippen LogP contribution in [0.2, 0.25) is 0 Å². The Balaban J connectivity index is 1.77. The van der Waals surface area contributed by atoms with Crippen molar-refractivity contribution in [2.24, 2.45) is 0 Å². The van der Waals surface area contributed by atoms with E-state index in [1.54, 1.807) is 48.2 Å². The lowest BCUT2D eigenvalue weighted by molar-refractivity contribution is -0.384. The second-order valence-electron chi connectivity index (χ2n) is 6.17. The quantitative estimate of drug-likeness (QED) is 0.610. The zero-order valence-electron chi connectivity index (χ0n) is 15.0. The number of hydrogen-bond donors (Lipinski definition) is 0. The minimum atomic E-state index is -0.646. The van der Waals surface area contributed by atoms with Gasteiger partial charge in [-0.15, -0.1) is 0 Å². The van der Waals surface area contributed by atoms with E-state index >= 15 is 0 Å². The Labute approximate surface area is 156 Å². The Morgan fingerprint density at radius 2 is 1.89 bits per heavy atom. The minimum Gasteiger partial charge on any atom is -0.497 e. The first-order valence-electron chi connectivity index (χ1n) is 8.43. The highest BCUT2D eigenvalue weighted by Gasteiger charge is 2.35. The highest BCUT2D eigenvalue weighted by molar-refractivity contribution is 6.03. The van der Waals surface area contributed by atoms with Gasteiger partial charge in [-0.3, -0.25) is 19.7 Å². The Kier molecular flexibility index (Phi) is 5.07. The molecule has 1 saturated heterocycles. The molecule has 0 N–H and O–H groups in total. The Hall–Kier alpha value is -3.42. The van der Waals surface area contributed by atoms with E-state index in [1.165, 1.54) is 24.1 Å². The summed E-state index contributed by atoms with van der Waals surface area (Å²) in [6.07, 6.45) is 0. The van der Waals surface area contributed by atoms with Gasteiger partial charge in [-0.2, -0.15) is 0 Å². The number of anilines is 1. The minimum absolute atomic E-state index is 0.0360. The molecule has 3 rings (SSSR count). The Bertz CT molecular complexity index is 881. The highest BCUT2D eigenvalue weighted by Crippen LogP contribution is 2.24. The monoisotopic (exact) mass is 369 g/mol. The van der Waals surface area contributed by atoms with Crippen LogP contribution in [0.4, 0.5) is 11.4 Å². The normalized spacial score (nSPS) is 17.0. The van der Waals surface area contributed by atoms with Gasteiger partial charge in [0, 0.05) is 36.5 Å². The maximum absolute atomic E-state index is 12.8. The number of nitro groups is 1. The molecule has 2 aromatic rings. The van der Waals surface area contributed by atoms with E-state index in [9.17, 15) is 19.7 Å². The number of ether oxygens (including phenoxy) is 1. The molecule has 140 valence electrons. The molecule has 1 fully saturated rings. The van der Waals surface area contributed by atoms with E-state index in [0.717, 1.165) is 0 Å². The van der Waals surface area contributed by atoms with Crippen LogP contribution in [0.3, 0.4) is 0 Å². The molecule has 1 aliphatic rings. The fourth-order valence-electron chi connectivity index (χ4n) is 3.08. The third-order valence-corrected chi connectivity index (χ3v) is 4.61. The summed E-state index contributed by atoms with van der Waals surface area (Å²) in [6, 6.07) is 12.0. The van der Waals surface area contributed by atoms with Crippen molar-refractivity contribution in [3.8, 4) is 5.75 Å². The zero-order valence-corrected chi connectivity index (χ0v) is 15.0. The van der Waals surface area contributed by atoms with Crippen LogP contribution in [0.5, 0.6) is 5.75 Å². The SMILES string of the molecule is COc1cccc(C(=O)N2CCN(c3ccc([N+](=O)[O-])cc3)C(=O)C2C)c1. The number of methoxy groups -OCH3 is 1. The second kappa shape index (κ2) is 7.45. The summed E-state index contributed by atoms with van der Waals surface area (Å²) in [5.41, 5.74) is 0.995. The number of piperazine rings is 1. The van der Waals surface area contributed by atoms with Crippen LogP contribution < -0.4 is 9.64 Å². The van der Waals surface area contributed by atoms with Crippen molar-refractivity contribution >= 4 is 23.2 Å². The molecule has 1 unspecified atom stereocenters. The first kappa shape index (κ1) is 18.4. The summed E-state index contributed by atoms with van der Waals surface area (Å²) in [4.78, 5) is 39.0. The molecule has 0 spiro atoms. The summed E-state index contributed by atoms with van der Waals surface area (Å²) in [5.74, 6) is 0.105. The molecule has 0 saturated carbocycles. The third-order valence-electron chi connectivity index (χ3n) is 4.61. The highest BCUT2D eigenvalue weighted by atomic mass is 16.6. The van der Waals surface area contributed by atoms with Crippen LogP contribution in [0.15, 0.2) is 48.5 Å². The predicted molar refractivity (Wildman–Crippen MR) is 98.9 cm³/mol. The van der Waals surface area contributed by atoms with Crippen molar-refractivity contribution in [3.63, 3.8) is 0 Å². The van der Waals surface area contributed by atoms with Crippen LogP contribution in [-0.4, -0.2) is 47.9 Å². The largest absolute Gasteiger partial charge is 0.497 e. The standard InChI is InChI=1S/C19H19N3O5/c1-13-18(23)21(15-6-8-16(9-7-15)22(25)26)11-10-20(13)19(24)14-4-3-5-17(12-14)27-2/h3-9,12-13H,10-11H2,1-2H3. The van der Waals surface area contributed by atoms with E-state index in [0.29, 0.717) is 30.1 Å². The molecule has 0 bridgehead atoms. The van der Waals surface area contributed by atoms with Gasteiger partial charge in [-0.05, 0) is 37.3 Å². The molecular formula is C19H19N3O5. The van der Waals surface area contributed by atoms with Crippen molar-refractivity contribution in [1.82, 2.24) is 4.90 Å². The summed E-state index contributed by atoms with van der Waals surface area (Å²) in [5, 5.41) is 10.8. The lowest BCUT2D eigenvalue weighted by Crippen LogP contribution is -2.57. The molecule has 8 nitrogen and oxygen atoms in total. The van der Waals surface area contributed by atoms with Crippen LogP contribution in [0.1, 0.15) is 17.3 Å². The van der Waals surface area contributed by atoms with Gasteiger partial charge >= 0.3 is 0 Å². The number of nitro benzene ring substituents is 1. The number of amides is 2. The number of hydrogen-bond acceptors (Lipinski definition) is 5. The van der Waals surface area contributed by atoms with Gasteiger partial charge in [0.05, 0.1) is 12.0 Å². The van der Waals surface area contributed by atoms with Gasteiger partial charge < -0.3 is 14.5 Å². The van der Waals surface area contributed by atoms with Crippen molar-refractivity contribution in [2.75, 3.05) is 25.1 Å². The maximum atomic E-state index is 12.8. The fraction of sp³-hybridized carbons (Fsp3) is 0.263. The van der Waals surface area contributed by atoms with Crippen molar-refractivity contribution < 1.29 is 19.2 Å². The van der Waals surface area contributed by atoms with Gasteiger partial charge in [-0.1, -0.05) is 6.07 Å². The van der Waals surface area contributed by atoms with Crippen molar-refractivity contribution in [2.45, 2.75) is 13.0 Å². The topological polar surface area (TPSA) is 93.0 Å². The Morgan fingerprint density at radius 1 is 1.19 bits per heavy atom. The maximum Gasteiger partial charge on any atom is 0.269 e. The summed E-state index contributed by atoms with van der Waals surface area (Å²) < 4.78 is 5.15. The molecule has 1 aliphatic heterocycles. The third kappa shape index (κ3) is 3.59. The predicted octanol–water partition coefficient (Wildman–Crippen LogP) is 2.48. The number of benzene rings is 2. The number of rotatable bonds is 4. The van der Waals surface area contributed by atoms with E-state index in [-0.39, 0.29) is 17.5 Å². The van der Waals surface area contributed by atoms with Crippen molar-refractivity contribution in [3.05, 3.63) is 64.2 Å². The van der Waals surface area contributed by atoms with Crippen LogP contribution in [0.25, 0.3) is 0 Å². The molecule has 1 atom stereocenters. The molecule has 27 heavy (non-hydrogen) atoms. The van der Waals surface area contributed by atoms with Gasteiger partial charge in [0.1, 0.15) is 11.8 Å². The molecule has 1 heterocycles. The fourth-order valence-corrected chi connectivity index (χ4v) is 3.08. The van der Waals surface area contributed by atoms with Crippen LogP contribution in [-0.2, 0) is 4.79 Å². The molecule has 0 radical (unpaired) electrons. The average Bonchev–Trinajstić information content (AvgIpc) is 2.69. The summed E-state index contributed by atoms with van der Waals surface area (Å²) in [6.45, 7) is 2.36. The number of nitrogens with zero attached hydrogens (tertiary/aromatic N) is 3. The molecule has 2 amide bonds. The first-order chi connectivity index (χ1) is 12.9. The molecular weight excluding hydrogens is 350 g/mol. The van der Waals surface area contributed by atoms with Crippen LogP contribution in [0, 0.1) is 10.1 Å². The lowest BCUT2D eigenvalue weighted by Gasteiger charge is -2.39. The number of carbonyl (C=O) groups is 2. The summed E-state index contributed by atoms with van der Waals surface area (Å²) >= 11 is 0. The lowest BCUT2D eigenvalue weighted by atomic mass is 10.1. The van der Waals surface area contributed by atoms with E-state index in [1.807, 2.05) is 0 Å². The average molecular weight is 369 g/mol. The first-order valence-corrected chi connectivity index (χ1v) is 8.43. The van der Waals surface area contributed by atoms with Gasteiger partial charge in [0.15, 0.2) is 0 Å². The number of carbonyl (C=O) groups excluding carboxylic acids is 2. The van der Waals surface area contributed by atoms with Gasteiger partial charge in [-0.25, -0.2) is 0 Å².